The molecule has 1 N–H and O–H groups in total. The molecule has 0 aliphatic carbocycles. The zero-order valence-electron chi connectivity index (χ0n) is 12.3. The minimum atomic E-state index is -4.31. The number of nitrogens with one attached hydrogen (secondary N) is 1. The Balaban J connectivity index is 2.37. The maximum Gasteiger partial charge on any atom is 0.416 e. The molecule has 0 fully saturated rings. The first-order valence-electron chi connectivity index (χ1n) is 7.02. The van der Waals surface area contributed by atoms with Crippen LogP contribution in [-0.2, 0) is 17.4 Å². The summed E-state index contributed by atoms with van der Waals surface area (Å²) in [5.41, 5.74) is 0.114. The highest BCUT2D eigenvalue weighted by Crippen LogP contribution is 2.29. The van der Waals surface area contributed by atoms with E-state index < -0.39 is 11.7 Å². The average Bonchev–Trinajstić information content (AvgIpc) is 2.44. The van der Waals surface area contributed by atoms with Crippen molar-refractivity contribution in [1.82, 2.24) is 10.2 Å². The smallest absolute Gasteiger partial charge is 0.355 e. The zero-order chi connectivity index (χ0) is 15.9. The minimum Gasteiger partial charge on any atom is -0.355 e. The summed E-state index contributed by atoms with van der Waals surface area (Å²) in [7, 11) is 0. The number of amides is 1. The van der Waals surface area contributed by atoms with Gasteiger partial charge in [-0.2, -0.15) is 13.2 Å². The van der Waals surface area contributed by atoms with Crippen molar-refractivity contribution in [2.75, 3.05) is 26.2 Å². The second-order valence-corrected chi connectivity index (χ2v) is 4.76. The van der Waals surface area contributed by atoms with Crippen LogP contribution >= 0.6 is 0 Å². The Labute approximate surface area is 123 Å². The molecule has 0 aliphatic heterocycles. The number of halogens is 3. The number of benzene rings is 1. The lowest BCUT2D eigenvalue weighted by molar-refractivity contribution is -0.137. The number of likely N-dealkylation sites (N-methyl/N-ethyl adjacent to an activating group) is 1. The summed E-state index contributed by atoms with van der Waals surface area (Å²) in [6.07, 6.45) is -3.79. The Morgan fingerprint density at radius 2 is 1.71 bits per heavy atom. The number of hydrogen-bond donors (Lipinski definition) is 1. The molecule has 0 spiro atoms. The average molecular weight is 302 g/mol. The van der Waals surface area contributed by atoms with Gasteiger partial charge in [0.15, 0.2) is 0 Å². The lowest BCUT2D eigenvalue weighted by atomic mass is 10.1. The first-order valence-corrected chi connectivity index (χ1v) is 7.02. The van der Waals surface area contributed by atoms with Crippen LogP contribution in [0.25, 0.3) is 0 Å². The standard InChI is InChI=1S/C15H21F3N2O/c1-3-20(4-2)11-14(21)19-10-9-12-5-7-13(8-6-12)15(16,17)18/h5-8H,3-4,9-11H2,1-2H3,(H,19,21). The molecule has 0 aromatic heterocycles. The van der Waals surface area contributed by atoms with Gasteiger partial charge >= 0.3 is 6.18 Å². The van der Waals surface area contributed by atoms with Crippen molar-refractivity contribution >= 4 is 5.91 Å². The van der Waals surface area contributed by atoms with Gasteiger partial charge in [-0.3, -0.25) is 9.69 Å². The molecule has 0 atom stereocenters. The highest BCUT2D eigenvalue weighted by Gasteiger charge is 2.29. The summed E-state index contributed by atoms with van der Waals surface area (Å²) in [6.45, 7) is 6.36. The van der Waals surface area contributed by atoms with E-state index in [2.05, 4.69) is 5.32 Å². The number of hydrogen-bond acceptors (Lipinski definition) is 2. The van der Waals surface area contributed by atoms with Crippen LogP contribution in [0.5, 0.6) is 0 Å². The van der Waals surface area contributed by atoms with Crippen molar-refractivity contribution in [2.24, 2.45) is 0 Å². The molecule has 0 unspecified atom stereocenters. The van der Waals surface area contributed by atoms with Gasteiger partial charge in [0.2, 0.25) is 5.91 Å². The predicted octanol–water partition coefficient (Wildman–Crippen LogP) is 2.71. The fourth-order valence-electron chi connectivity index (χ4n) is 1.91. The lowest BCUT2D eigenvalue weighted by Gasteiger charge is -2.17. The van der Waals surface area contributed by atoms with Gasteiger partial charge in [-0.1, -0.05) is 26.0 Å². The van der Waals surface area contributed by atoms with E-state index in [0.717, 1.165) is 30.8 Å². The number of carbonyl (C=O) groups is 1. The first-order chi connectivity index (χ1) is 9.86. The number of alkyl halides is 3. The van der Waals surface area contributed by atoms with Gasteiger partial charge < -0.3 is 5.32 Å². The monoisotopic (exact) mass is 302 g/mol. The molecule has 3 nitrogen and oxygen atoms in total. The van der Waals surface area contributed by atoms with E-state index in [9.17, 15) is 18.0 Å². The quantitative estimate of drug-likeness (QED) is 0.840. The number of nitrogens with zero attached hydrogens (tertiary/aromatic N) is 1. The van der Waals surface area contributed by atoms with Gasteiger partial charge in [0.1, 0.15) is 0 Å². The Hall–Kier alpha value is -1.56. The van der Waals surface area contributed by atoms with Crippen molar-refractivity contribution in [3.05, 3.63) is 35.4 Å². The second kappa shape index (κ2) is 8.02. The Bertz CT molecular complexity index is 439. The highest BCUT2D eigenvalue weighted by atomic mass is 19.4. The highest BCUT2D eigenvalue weighted by molar-refractivity contribution is 5.77. The molecule has 1 amide bonds. The summed E-state index contributed by atoms with van der Waals surface area (Å²) in [4.78, 5) is 13.6. The lowest BCUT2D eigenvalue weighted by Crippen LogP contribution is -2.37. The van der Waals surface area contributed by atoms with E-state index in [4.69, 9.17) is 0 Å². The third kappa shape index (κ3) is 6.16. The molecule has 21 heavy (non-hydrogen) atoms. The molecule has 1 aromatic carbocycles. The topological polar surface area (TPSA) is 32.3 Å². The van der Waals surface area contributed by atoms with Gasteiger partial charge in [-0.15, -0.1) is 0 Å². The van der Waals surface area contributed by atoms with Crippen LogP contribution in [0, 0.1) is 0 Å². The molecule has 0 bridgehead atoms. The van der Waals surface area contributed by atoms with E-state index in [1.165, 1.54) is 12.1 Å². The molecule has 6 heteroatoms. The van der Waals surface area contributed by atoms with Crippen LogP contribution in [0.15, 0.2) is 24.3 Å². The molecule has 0 aliphatic rings. The van der Waals surface area contributed by atoms with Crippen LogP contribution in [-0.4, -0.2) is 37.0 Å². The van der Waals surface area contributed by atoms with Gasteiger partial charge in [-0.05, 0) is 37.2 Å². The van der Waals surface area contributed by atoms with E-state index in [0.29, 0.717) is 19.5 Å². The predicted molar refractivity (Wildman–Crippen MR) is 75.9 cm³/mol. The fourth-order valence-corrected chi connectivity index (χ4v) is 1.91. The number of rotatable bonds is 7. The summed E-state index contributed by atoms with van der Waals surface area (Å²) in [6, 6.07) is 5.01. The maximum atomic E-state index is 12.4. The molecule has 0 radical (unpaired) electrons. The Morgan fingerprint density at radius 3 is 2.19 bits per heavy atom. The normalized spacial score (nSPS) is 11.7. The SMILES string of the molecule is CCN(CC)CC(=O)NCCc1ccc(C(F)(F)F)cc1. The van der Waals surface area contributed by atoms with Gasteiger partial charge in [0.25, 0.3) is 0 Å². The summed E-state index contributed by atoms with van der Waals surface area (Å²) in [5.74, 6) is -0.0642. The van der Waals surface area contributed by atoms with Crippen LogP contribution in [0.2, 0.25) is 0 Å². The van der Waals surface area contributed by atoms with E-state index >= 15 is 0 Å². The largest absolute Gasteiger partial charge is 0.416 e. The molecule has 118 valence electrons. The van der Waals surface area contributed by atoms with Gasteiger partial charge in [0.05, 0.1) is 12.1 Å². The molecule has 0 saturated carbocycles. The summed E-state index contributed by atoms with van der Waals surface area (Å²) >= 11 is 0. The van der Waals surface area contributed by atoms with Crippen LogP contribution in [0.4, 0.5) is 13.2 Å². The Morgan fingerprint density at radius 1 is 1.14 bits per heavy atom. The van der Waals surface area contributed by atoms with Crippen LogP contribution in [0.1, 0.15) is 25.0 Å². The first kappa shape index (κ1) is 17.5. The van der Waals surface area contributed by atoms with Gasteiger partial charge in [-0.25, -0.2) is 0 Å². The van der Waals surface area contributed by atoms with E-state index in [1.807, 2.05) is 18.7 Å². The molecular formula is C15H21F3N2O. The van der Waals surface area contributed by atoms with Crippen molar-refractivity contribution in [2.45, 2.75) is 26.4 Å². The van der Waals surface area contributed by atoms with Crippen molar-refractivity contribution in [3.63, 3.8) is 0 Å². The van der Waals surface area contributed by atoms with Crippen molar-refractivity contribution < 1.29 is 18.0 Å². The fraction of sp³-hybridized carbons (Fsp3) is 0.533. The van der Waals surface area contributed by atoms with Crippen LogP contribution < -0.4 is 5.32 Å². The van der Waals surface area contributed by atoms with Gasteiger partial charge in [0, 0.05) is 6.54 Å². The van der Waals surface area contributed by atoms with E-state index in [1.54, 1.807) is 0 Å². The third-order valence-corrected chi connectivity index (χ3v) is 3.28. The second-order valence-electron chi connectivity index (χ2n) is 4.76. The molecular weight excluding hydrogens is 281 g/mol. The van der Waals surface area contributed by atoms with Crippen molar-refractivity contribution in [1.29, 1.82) is 0 Å². The van der Waals surface area contributed by atoms with E-state index in [-0.39, 0.29) is 5.91 Å². The third-order valence-electron chi connectivity index (χ3n) is 3.28. The molecule has 1 rings (SSSR count). The number of carbonyl (C=O) groups excluding carboxylic acids is 1. The Kier molecular flexibility index (Phi) is 6.68. The summed E-state index contributed by atoms with van der Waals surface area (Å²) < 4.78 is 37.2. The minimum absolute atomic E-state index is 0.0642. The zero-order valence-corrected chi connectivity index (χ0v) is 12.3. The molecule has 1 aromatic rings. The molecule has 0 saturated heterocycles. The van der Waals surface area contributed by atoms with Crippen LogP contribution in [0.3, 0.4) is 0 Å². The maximum absolute atomic E-state index is 12.4. The van der Waals surface area contributed by atoms with Crippen molar-refractivity contribution in [3.8, 4) is 0 Å². The summed E-state index contributed by atoms with van der Waals surface area (Å²) in [5, 5.41) is 2.77. The molecule has 0 heterocycles.